The summed E-state index contributed by atoms with van der Waals surface area (Å²) in [7, 11) is -9.89. The van der Waals surface area contributed by atoms with Gasteiger partial charge in [-0.2, -0.15) is 0 Å². The predicted molar refractivity (Wildman–Crippen MR) is 358 cm³/mol. The molecule has 0 bridgehead atoms. The molecular weight excluding hydrogens is 1170 g/mol. The van der Waals surface area contributed by atoms with Crippen LogP contribution in [0.3, 0.4) is 0 Å². The fourth-order valence-electron chi connectivity index (χ4n) is 10.6. The molecule has 0 heterocycles. The molecule has 0 aliphatic carbocycles. The Hall–Kier alpha value is -1.94. The molecule has 89 heavy (non-hydrogen) atoms. The fourth-order valence-corrected chi connectivity index (χ4v) is 12.1. The number of ether oxygens (including phenoxy) is 4. The van der Waals surface area contributed by atoms with Crippen LogP contribution < -0.4 is 0 Å². The highest BCUT2D eigenvalue weighted by atomic mass is 31.2. The average Bonchev–Trinajstić information content (AvgIpc) is 3.72. The zero-order valence-corrected chi connectivity index (χ0v) is 59.5. The van der Waals surface area contributed by atoms with Gasteiger partial charge in [-0.15, -0.1) is 0 Å². The van der Waals surface area contributed by atoms with E-state index in [-0.39, 0.29) is 25.7 Å². The molecule has 0 aromatic rings. The Labute approximate surface area is 543 Å². The van der Waals surface area contributed by atoms with E-state index in [1.165, 1.54) is 161 Å². The van der Waals surface area contributed by atoms with E-state index in [2.05, 4.69) is 41.5 Å². The van der Waals surface area contributed by atoms with Gasteiger partial charge >= 0.3 is 39.5 Å². The van der Waals surface area contributed by atoms with Gasteiger partial charge in [0.1, 0.15) is 19.3 Å². The van der Waals surface area contributed by atoms with Gasteiger partial charge in [0.25, 0.3) is 0 Å². The van der Waals surface area contributed by atoms with Crippen LogP contribution in [0.15, 0.2) is 0 Å². The maximum Gasteiger partial charge on any atom is 0.472 e. The summed E-state index contributed by atoms with van der Waals surface area (Å²) in [5, 5.41) is 10.6. The first kappa shape index (κ1) is 87.1. The Balaban J connectivity index is 5.13. The predicted octanol–water partition coefficient (Wildman–Crippen LogP) is 20.0. The molecule has 3 N–H and O–H groups in total. The first-order chi connectivity index (χ1) is 42.9. The van der Waals surface area contributed by atoms with E-state index in [1.807, 2.05) is 0 Å². The summed E-state index contributed by atoms with van der Waals surface area (Å²) >= 11 is 0. The minimum atomic E-state index is -4.95. The third-order valence-electron chi connectivity index (χ3n) is 16.6. The van der Waals surface area contributed by atoms with Gasteiger partial charge in [0.05, 0.1) is 26.4 Å². The van der Waals surface area contributed by atoms with Crippen molar-refractivity contribution in [2.24, 2.45) is 11.8 Å². The first-order valence-corrected chi connectivity index (χ1v) is 39.5. The Bertz CT molecular complexity index is 1740. The summed E-state index contributed by atoms with van der Waals surface area (Å²) < 4.78 is 68.1. The van der Waals surface area contributed by atoms with E-state index >= 15 is 0 Å². The second-order valence-corrected chi connectivity index (χ2v) is 28.9. The molecule has 17 nitrogen and oxygen atoms in total. The van der Waals surface area contributed by atoms with Crippen molar-refractivity contribution in [2.45, 2.75) is 374 Å². The number of rotatable bonds is 69. The number of carbonyl (C=O) groups is 4. The lowest BCUT2D eigenvalue weighted by atomic mass is 10.00. The van der Waals surface area contributed by atoms with Crippen molar-refractivity contribution >= 4 is 39.5 Å². The number of hydrogen-bond acceptors (Lipinski definition) is 15. The maximum absolute atomic E-state index is 13.0. The molecule has 0 aliphatic rings. The van der Waals surface area contributed by atoms with E-state index in [9.17, 15) is 43.2 Å². The molecule has 0 saturated carbocycles. The van der Waals surface area contributed by atoms with Crippen molar-refractivity contribution < 1.29 is 80.2 Å². The van der Waals surface area contributed by atoms with Gasteiger partial charge in [0.15, 0.2) is 12.2 Å². The molecule has 0 aliphatic heterocycles. The molecule has 0 fully saturated rings. The largest absolute Gasteiger partial charge is 0.472 e. The number of phosphoric ester groups is 2. The topological polar surface area (TPSA) is 237 Å². The van der Waals surface area contributed by atoms with Crippen LogP contribution in [0.25, 0.3) is 0 Å². The SMILES string of the molecule is CCCCCCCCCCCCCCCCCCCCCCCC(=O)O[C@H](COC(=O)CCCCCCCCCC(C)C)COP(=O)(O)OC[C@@H](O)COP(=O)(O)OC[C@@H](COC(=O)CCCCCCCCCC)OC(=O)CCCCCCCCC(C)CC. The Morgan fingerprint density at radius 3 is 0.854 bits per heavy atom. The van der Waals surface area contributed by atoms with Gasteiger partial charge in [-0.1, -0.05) is 305 Å². The van der Waals surface area contributed by atoms with Crippen molar-refractivity contribution in [2.75, 3.05) is 39.6 Å². The molecule has 19 heteroatoms. The third kappa shape index (κ3) is 63.2. The molecular formula is C70H136O17P2. The summed E-state index contributed by atoms with van der Waals surface area (Å²) in [6.07, 6.45) is 47.6. The van der Waals surface area contributed by atoms with E-state index in [1.54, 1.807) is 0 Å². The first-order valence-electron chi connectivity index (χ1n) is 36.5. The molecule has 0 rings (SSSR count). The number of aliphatic hydroxyl groups is 1. The second kappa shape index (κ2) is 62.2. The van der Waals surface area contributed by atoms with Crippen LogP contribution in [0.4, 0.5) is 0 Å². The highest BCUT2D eigenvalue weighted by Crippen LogP contribution is 2.45. The number of hydrogen-bond donors (Lipinski definition) is 3. The summed E-state index contributed by atoms with van der Waals surface area (Å²) in [5.74, 6) is -0.708. The molecule has 0 saturated heterocycles. The number of esters is 4. The fraction of sp³-hybridized carbons (Fsp3) is 0.943. The van der Waals surface area contributed by atoms with Crippen molar-refractivity contribution in [1.82, 2.24) is 0 Å². The van der Waals surface area contributed by atoms with Crippen LogP contribution >= 0.6 is 15.6 Å². The van der Waals surface area contributed by atoms with Gasteiger partial charge in [-0.05, 0) is 37.5 Å². The third-order valence-corrected chi connectivity index (χ3v) is 18.5. The van der Waals surface area contributed by atoms with Crippen LogP contribution in [0, 0.1) is 11.8 Å². The summed E-state index contributed by atoms with van der Waals surface area (Å²) in [6, 6.07) is 0. The van der Waals surface area contributed by atoms with E-state index < -0.39 is 97.5 Å². The summed E-state index contributed by atoms with van der Waals surface area (Å²) in [5.41, 5.74) is 0. The molecule has 0 aromatic heterocycles. The lowest BCUT2D eigenvalue weighted by Crippen LogP contribution is -2.30. The normalized spacial score (nSPS) is 14.4. The second-order valence-electron chi connectivity index (χ2n) is 26.0. The number of carbonyl (C=O) groups excluding carboxylic acids is 4. The zero-order chi connectivity index (χ0) is 65.7. The average molecular weight is 1310 g/mol. The summed E-state index contributed by atoms with van der Waals surface area (Å²) in [6.45, 7) is 9.41. The maximum atomic E-state index is 13.0. The standard InChI is InChI=1S/C70H136O17P2/c1-7-10-12-14-16-18-19-20-21-22-23-24-25-26-27-28-29-30-34-42-48-54-69(74)86-65(58-81-68(73)53-47-41-35-31-32-38-44-50-62(4)5)60-84-88(76,77)82-56-64(71)57-83-89(78,79)85-61-66(59-80-67(72)52-46-40-33-17-15-13-11-8-2)87-70(75)55-49-43-37-36-39-45-51-63(6)9-3/h62-66,71H,7-61H2,1-6H3,(H,76,77)(H,78,79)/t63?,64-,65-,66-/m1/s1. The van der Waals surface area contributed by atoms with Crippen LogP contribution in [0.1, 0.15) is 356 Å². The van der Waals surface area contributed by atoms with Crippen LogP contribution in [-0.2, 0) is 65.4 Å². The van der Waals surface area contributed by atoms with Crippen molar-refractivity contribution in [3.8, 4) is 0 Å². The molecule has 0 aromatic carbocycles. The van der Waals surface area contributed by atoms with Crippen molar-refractivity contribution in [3.05, 3.63) is 0 Å². The number of phosphoric acid groups is 2. The minimum Gasteiger partial charge on any atom is -0.462 e. The lowest BCUT2D eigenvalue weighted by molar-refractivity contribution is -0.161. The van der Waals surface area contributed by atoms with Crippen LogP contribution in [-0.4, -0.2) is 96.7 Å². The van der Waals surface area contributed by atoms with Gasteiger partial charge in [-0.25, -0.2) is 9.13 Å². The van der Waals surface area contributed by atoms with Crippen LogP contribution in [0.5, 0.6) is 0 Å². The molecule has 6 atom stereocenters. The van der Waals surface area contributed by atoms with Gasteiger partial charge in [0, 0.05) is 25.7 Å². The van der Waals surface area contributed by atoms with Gasteiger partial charge in [-0.3, -0.25) is 37.3 Å². The Kier molecular flexibility index (Phi) is 60.8. The quantitative estimate of drug-likeness (QED) is 0.0222. The van der Waals surface area contributed by atoms with E-state index in [0.717, 1.165) is 109 Å². The highest BCUT2D eigenvalue weighted by Gasteiger charge is 2.30. The minimum absolute atomic E-state index is 0.103. The monoisotopic (exact) mass is 1310 g/mol. The molecule has 3 unspecified atom stereocenters. The zero-order valence-electron chi connectivity index (χ0n) is 57.7. The molecule has 0 spiro atoms. The molecule has 528 valence electrons. The van der Waals surface area contributed by atoms with Crippen molar-refractivity contribution in [1.29, 1.82) is 0 Å². The lowest BCUT2D eigenvalue weighted by Gasteiger charge is -2.21. The number of aliphatic hydroxyl groups excluding tert-OH is 1. The summed E-state index contributed by atoms with van der Waals surface area (Å²) in [4.78, 5) is 72.3. The van der Waals surface area contributed by atoms with Gasteiger partial charge in [0.2, 0.25) is 0 Å². The Morgan fingerprint density at radius 1 is 0.326 bits per heavy atom. The highest BCUT2D eigenvalue weighted by molar-refractivity contribution is 7.47. The van der Waals surface area contributed by atoms with E-state index in [4.69, 9.17) is 37.0 Å². The molecule has 0 amide bonds. The molecule has 0 radical (unpaired) electrons. The van der Waals surface area contributed by atoms with Crippen LogP contribution in [0.2, 0.25) is 0 Å². The smallest absolute Gasteiger partial charge is 0.462 e. The van der Waals surface area contributed by atoms with Gasteiger partial charge < -0.3 is 33.8 Å². The van der Waals surface area contributed by atoms with E-state index in [0.29, 0.717) is 31.6 Å². The Morgan fingerprint density at radius 2 is 0.573 bits per heavy atom. The van der Waals surface area contributed by atoms with Crippen molar-refractivity contribution in [3.63, 3.8) is 0 Å². The number of unbranched alkanes of at least 4 members (excludes halogenated alkanes) is 38.